The van der Waals surface area contributed by atoms with Crippen LogP contribution in [0.3, 0.4) is 0 Å². The highest BCUT2D eigenvalue weighted by molar-refractivity contribution is 5.95. The Morgan fingerprint density at radius 2 is 1.88 bits per heavy atom. The molecule has 80 valence electrons. The van der Waals surface area contributed by atoms with E-state index < -0.39 is 0 Å². The third kappa shape index (κ3) is 1.25. The number of rotatable bonds is 1. The second kappa shape index (κ2) is 3.38. The normalized spacial score (nSPS) is 14.4. The lowest BCUT2D eigenvalue weighted by molar-refractivity contribution is 1.24. The van der Waals surface area contributed by atoms with Crippen LogP contribution >= 0.6 is 0 Å². The summed E-state index contributed by atoms with van der Waals surface area (Å²) in [4.78, 5) is 3.35. The summed E-state index contributed by atoms with van der Waals surface area (Å²) in [6.45, 7) is 4.39. The molecule has 16 heavy (non-hydrogen) atoms. The van der Waals surface area contributed by atoms with Crippen LogP contribution in [0.15, 0.2) is 36.5 Å². The fourth-order valence-corrected chi connectivity index (χ4v) is 2.57. The Kier molecular flexibility index (Phi) is 2.00. The molecule has 0 saturated heterocycles. The number of benzene rings is 1. The Hall–Kier alpha value is -1.76. The highest BCUT2D eigenvalue weighted by atomic mass is 14.7. The molecular formula is C15H15N. The number of aryl methyl sites for hydroxylation is 1. The van der Waals surface area contributed by atoms with E-state index in [1.165, 1.54) is 33.5 Å². The highest BCUT2D eigenvalue weighted by Crippen LogP contribution is 2.38. The maximum atomic E-state index is 3.35. The number of fused-ring (bicyclic) bond motifs is 1. The molecule has 1 N–H and O–H groups in total. The first-order chi connectivity index (χ1) is 7.77. The Balaban J connectivity index is 2.15. The van der Waals surface area contributed by atoms with Gasteiger partial charge in [0.05, 0.1) is 0 Å². The Morgan fingerprint density at radius 1 is 1.06 bits per heavy atom. The van der Waals surface area contributed by atoms with Gasteiger partial charge >= 0.3 is 0 Å². The summed E-state index contributed by atoms with van der Waals surface area (Å²) < 4.78 is 0. The fourth-order valence-electron chi connectivity index (χ4n) is 2.57. The van der Waals surface area contributed by atoms with Gasteiger partial charge in [-0.2, -0.15) is 0 Å². The van der Waals surface area contributed by atoms with Gasteiger partial charge in [-0.3, -0.25) is 0 Å². The van der Waals surface area contributed by atoms with Crippen molar-refractivity contribution in [3.63, 3.8) is 0 Å². The molecule has 1 heteroatoms. The van der Waals surface area contributed by atoms with Gasteiger partial charge < -0.3 is 4.98 Å². The molecule has 0 amide bonds. The van der Waals surface area contributed by atoms with Crippen LogP contribution in [0.2, 0.25) is 0 Å². The molecule has 0 radical (unpaired) electrons. The monoisotopic (exact) mass is 209 g/mol. The van der Waals surface area contributed by atoms with Crippen molar-refractivity contribution in [3.05, 3.63) is 58.9 Å². The van der Waals surface area contributed by atoms with Crippen LogP contribution in [-0.4, -0.2) is 4.98 Å². The number of allylic oxidation sites excluding steroid dienone is 2. The summed E-state index contributed by atoms with van der Waals surface area (Å²) in [7, 11) is 0. The smallest absolute Gasteiger partial charge is 0.0448 e. The van der Waals surface area contributed by atoms with Crippen LogP contribution in [0.25, 0.3) is 11.1 Å². The fraction of sp³-hybridized carbons (Fsp3) is 0.200. The van der Waals surface area contributed by atoms with Crippen molar-refractivity contribution in [2.45, 2.75) is 20.3 Å². The molecule has 0 atom stereocenters. The molecular weight excluding hydrogens is 194 g/mol. The topological polar surface area (TPSA) is 15.8 Å². The van der Waals surface area contributed by atoms with Gasteiger partial charge in [0.25, 0.3) is 0 Å². The zero-order valence-electron chi connectivity index (χ0n) is 9.67. The molecule has 3 rings (SSSR count). The zero-order valence-corrected chi connectivity index (χ0v) is 9.67. The van der Waals surface area contributed by atoms with Gasteiger partial charge in [-0.1, -0.05) is 24.3 Å². The standard InChI is InChI=1S/C15H15N/c1-10-7-8-16-15(10)14-9-12-5-3-4-6-13(12)11(14)2/h3-8,16H,9H2,1-2H3. The summed E-state index contributed by atoms with van der Waals surface area (Å²) in [6.07, 6.45) is 3.08. The predicted molar refractivity (Wildman–Crippen MR) is 68.2 cm³/mol. The zero-order chi connectivity index (χ0) is 11.1. The van der Waals surface area contributed by atoms with Crippen LogP contribution in [0, 0.1) is 6.92 Å². The van der Waals surface area contributed by atoms with E-state index in [0.717, 1.165) is 6.42 Å². The van der Waals surface area contributed by atoms with Gasteiger partial charge in [-0.25, -0.2) is 0 Å². The molecule has 0 unspecified atom stereocenters. The molecule has 0 saturated carbocycles. The van der Waals surface area contributed by atoms with Crippen LogP contribution in [0.4, 0.5) is 0 Å². The molecule has 1 heterocycles. The predicted octanol–water partition coefficient (Wildman–Crippen LogP) is 3.81. The molecule has 0 aliphatic heterocycles. The first kappa shape index (κ1) is 9.46. The van der Waals surface area contributed by atoms with E-state index >= 15 is 0 Å². The minimum Gasteiger partial charge on any atom is -0.361 e. The van der Waals surface area contributed by atoms with Gasteiger partial charge in [0.2, 0.25) is 0 Å². The Morgan fingerprint density at radius 3 is 2.56 bits per heavy atom. The minimum absolute atomic E-state index is 1.06. The van der Waals surface area contributed by atoms with Crippen LogP contribution in [-0.2, 0) is 6.42 Å². The molecule has 1 aromatic heterocycles. The quantitative estimate of drug-likeness (QED) is 0.735. The van der Waals surface area contributed by atoms with Gasteiger partial charge in [0.1, 0.15) is 0 Å². The molecule has 1 aliphatic carbocycles. The maximum absolute atomic E-state index is 3.35. The van der Waals surface area contributed by atoms with E-state index in [4.69, 9.17) is 0 Å². The molecule has 1 aliphatic rings. The summed E-state index contributed by atoms with van der Waals surface area (Å²) in [5.74, 6) is 0. The number of hydrogen-bond acceptors (Lipinski definition) is 0. The summed E-state index contributed by atoms with van der Waals surface area (Å²) >= 11 is 0. The lowest BCUT2D eigenvalue weighted by Gasteiger charge is -2.03. The van der Waals surface area contributed by atoms with Crippen LogP contribution < -0.4 is 0 Å². The number of nitrogens with one attached hydrogen (secondary N) is 1. The second-order valence-electron chi connectivity index (χ2n) is 4.47. The minimum atomic E-state index is 1.06. The summed E-state index contributed by atoms with van der Waals surface area (Å²) in [5, 5.41) is 0. The number of aromatic nitrogens is 1. The third-order valence-corrected chi connectivity index (χ3v) is 3.50. The molecule has 1 aromatic carbocycles. The maximum Gasteiger partial charge on any atom is 0.0448 e. The molecule has 0 bridgehead atoms. The average Bonchev–Trinajstić information content (AvgIpc) is 2.84. The largest absolute Gasteiger partial charge is 0.361 e. The Bertz CT molecular complexity index is 573. The van der Waals surface area contributed by atoms with Crippen LogP contribution in [0.5, 0.6) is 0 Å². The third-order valence-electron chi connectivity index (χ3n) is 3.50. The van der Waals surface area contributed by atoms with E-state index in [-0.39, 0.29) is 0 Å². The Labute approximate surface area is 95.8 Å². The van der Waals surface area contributed by atoms with Crippen molar-refractivity contribution in [1.82, 2.24) is 4.98 Å². The first-order valence-corrected chi connectivity index (χ1v) is 5.70. The number of hydrogen-bond donors (Lipinski definition) is 1. The SMILES string of the molecule is CC1=C(c2[nH]ccc2C)Cc2ccccc21. The van der Waals surface area contributed by atoms with Gasteiger partial charge in [-0.15, -0.1) is 0 Å². The lowest BCUT2D eigenvalue weighted by Crippen LogP contribution is -1.88. The van der Waals surface area contributed by atoms with Crippen molar-refractivity contribution in [1.29, 1.82) is 0 Å². The van der Waals surface area contributed by atoms with E-state index in [1.807, 2.05) is 6.20 Å². The van der Waals surface area contributed by atoms with Crippen molar-refractivity contribution in [3.8, 4) is 0 Å². The first-order valence-electron chi connectivity index (χ1n) is 5.70. The van der Waals surface area contributed by atoms with Crippen molar-refractivity contribution in [2.24, 2.45) is 0 Å². The lowest BCUT2D eigenvalue weighted by atomic mass is 10.0. The van der Waals surface area contributed by atoms with E-state index in [1.54, 1.807) is 0 Å². The highest BCUT2D eigenvalue weighted by Gasteiger charge is 2.20. The molecule has 1 nitrogen and oxygen atoms in total. The summed E-state index contributed by atoms with van der Waals surface area (Å²) in [5.41, 5.74) is 8.36. The van der Waals surface area contributed by atoms with Crippen molar-refractivity contribution >= 4 is 11.1 Å². The van der Waals surface area contributed by atoms with E-state index in [9.17, 15) is 0 Å². The number of H-pyrrole nitrogens is 1. The van der Waals surface area contributed by atoms with Gasteiger partial charge in [0.15, 0.2) is 0 Å². The molecule has 0 spiro atoms. The van der Waals surface area contributed by atoms with Gasteiger partial charge in [0, 0.05) is 18.3 Å². The van der Waals surface area contributed by atoms with E-state index in [0.29, 0.717) is 0 Å². The average molecular weight is 209 g/mol. The number of aromatic amines is 1. The van der Waals surface area contributed by atoms with Crippen molar-refractivity contribution < 1.29 is 0 Å². The molecule has 2 aromatic rings. The second-order valence-corrected chi connectivity index (χ2v) is 4.47. The van der Waals surface area contributed by atoms with E-state index in [2.05, 4.69) is 49.2 Å². The van der Waals surface area contributed by atoms with Gasteiger partial charge in [-0.05, 0) is 47.8 Å². The summed E-state index contributed by atoms with van der Waals surface area (Å²) in [6, 6.07) is 10.8. The van der Waals surface area contributed by atoms with Crippen molar-refractivity contribution in [2.75, 3.05) is 0 Å². The molecule has 0 fully saturated rings. The van der Waals surface area contributed by atoms with Crippen LogP contribution in [0.1, 0.15) is 29.3 Å².